The number of nitrogens with zero attached hydrogens (tertiary/aromatic N) is 5. The Morgan fingerprint density at radius 3 is 2.78 bits per heavy atom. The van der Waals surface area contributed by atoms with Crippen LogP contribution in [0.1, 0.15) is 52.8 Å². The molecule has 36 heavy (non-hydrogen) atoms. The van der Waals surface area contributed by atoms with Crippen molar-refractivity contribution in [2.45, 2.75) is 59.2 Å². The summed E-state index contributed by atoms with van der Waals surface area (Å²) in [6, 6.07) is 1.69. The lowest BCUT2D eigenvalue weighted by molar-refractivity contribution is 0.0166. The molecule has 0 bridgehead atoms. The van der Waals surface area contributed by atoms with Crippen LogP contribution in [0.25, 0.3) is 0 Å². The number of rotatable bonds is 14. The van der Waals surface area contributed by atoms with E-state index in [1.807, 2.05) is 6.92 Å². The van der Waals surface area contributed by atoms with Crippen molar-refractivity contribution in [3.63, 3.8) is 0 Å². The van der Waals surface area contributed by atoms with Crippen molar-refractivity contribution in [2.75, 3.05) is 61.5 Å². The Kier molecular flexibility index (Phi) is 11.1. The van der Waals surface area contributed by atoms with Gasteiger partial charge in [-0.05, 0) is 32.3 Å². The summed E-state index contributed by atoms with van der Waals surface area (Å²) in [6.07, 6.45) is 3.78. The van der Waals surface area contributed by atoms with Crippen LogP contribution in [-0.4, -0.2) is 78.1 Å². The van der Waals surface area contributed by atoms with Gasteiger partial charge in [-0.2, -0.15) is 4.98 Å². The Bertz CT molecular complexity index is 916. The van der Waals surface area contributed by atoms with E-state index in [1.54, 1.807) is 12.3 Å². The van der Waals surface area contributed by atoms with Gasteiger partial charge in [-0.3, -0.25) is 0 Å². The molecule has 200 valence electrons. The van der Waals surface area contributed by atoms with Gasteiger partial charge in [-0.1, -0.05) is 20.8 Å². The molecule has 2 unspecified atom stereocenters. The Labute approximate surface area is 215 Å². The van der Waals surface area contributed by atoms with Gasteiger partial charge in [0.2, 0.25) is 5.95 Å². The molecule has 0 radical (unpaired) electrons. The zero-order chi connectivity index (χ0) is 25.9. The monoisotopic (exact) mass is 501 g/mol. The van der Waals surface area contributed by atoms with Gasteiger partial charge in [-0.15, -0.1) is 0 Å². The average Bonchev–Trinajstić information content (AvgIpc) is 2.87. The van der Waals surface area contributed by atoms with Crippen molar-refractivity contribution in [3.05, 3.63) is 24.3 Å². The maximum absolute atomic E-state index is 6.88. The molecule has 0 aromatic carbocycles. The SMILES string of the molecule is CCOCCNc1c(Nc2ccncn2)nc(N2CCN[C@H](C)C2)nc1C(N)C(CC)OCC(C)C. The fourth-order valence-electron chi connectivity index (χ4n) is 4.07. The minimum atomic E-state index is -0.448. The molecule has 1 saturated heterocycles. The maximum Gasteiger partial charge on any atom is 0.227 e. The summed E-state index contributed by atoms with van der Waals surface area (Å²) >= 11 is 0. The normalized spacial score (nSPS) is 17.8. The molecule has 0 amide bonds. The van der Waals surface area contributed by atoms with E-state index < -0.39 is 6.04 Å². The van der Waals surface area contributed by atoms with E-state index in [4.69, 9.17) is 25.2 Å². The van der Waals surface area contributed by atoms with Crippen molar-refractivity contribution in [1.29, 1.82) is 0 Å². The average molecular weight is 502 g/mol. The third-order valence-corrected chi connectivity index (χ3v) is 5.92. The first kappa shape index (κ1) is 28.0. The Hall–Kier alpha value is -2.60. The van der Waals surface area contributed by atoms with Crippen molar-refractivity contribution in [2.24, 2.45) is 11.7 Å². The number of nitrogens with two attached hydrogens (primary N) is 1. The summed E-state index contributed by atoms with van der Waals surface area (Å²) in [5, 5.41) is 10.3. The number of hydrogen-bond acceptors (Lipinski definition) is 11. The number of piperazine rings is 1. The minimum absolute atomic E-state index is 0.184. The molecular weight excluding hydrogens is 458 g/mol. The molecule has 1 aliphatic rings. The molecule has 2 aromatic rings. The molecular formula is C25H43N9O2. The van der Waals surface area contributed by atoms with E-state index in [0.29, 0.717) is 55.9 Å². The number of aromatic nitrogens is 4. The van der Waals surface area contributed by atoms with Crippen molar-refractivity contribution in [1.82, 2.24) is 25.3 Å². The van der Waals surface area contributed by atoms with Gasteiger partial charge in [0.15, 0.2) is 5.82 Å². The molecule has 5 N–H and O–H groups in total. The van der Waals surface area contributed by atoms with Crippen LogP contribution in [0.5, 0.6) is 0 Å². The zero-order valence-electron chi connectivity index (χ0n) is 22.3. The number of hydrogen-bond donors (Lipinski definition) is 4. The van der Waals surface area contributed by atoms with Crippen LogP contribution in [0.2, 0.25) is 0 Å². The Balaban J connectivity index is 2.05. The summed E-state index contributed by atoms with van der Waals surface area (Å²) in [4.78, 5) is 20.5. The summed E-state index contributed by atoms with van der Waals surface area (Å²) in [6.45, 7) is 15.4. The second-order valence-corrected chi connectivity index (χ2v) is 9.48. The van der Waals surface area contributed by atoms with E-state index >= 15 is 0 Å². The number of anilines is 4. The molecule has 0 aliphatic carbocycles. The van der Waals surface area contributed by atoms with Crippen molar-refractivity contribution in [3.8, 4) is 0 Å². The highest BCUT2D eigenvalue weighted by Gasteiger charge is 2.29. The van der Waals surface area contributed by atoms with Gasteiger partial charge in [0.05, 0.1) is 24.4 Å². The van der Waals surface area contributed by atoms with Crippen molar-refractivity contribution >= 4 is 23.3 Å². The van der Waals surface area contributed by atoms with E-state index in [1.165, 1.54) is 6.33 Å². The molecule has 11 heteroatoms. The molecule has 3 atom stereocenters. The largest absolute Gasteiger partial charge is 0.380 e. The summed E-state index contributed by atoms with van der Waals surface area (Å²) in [5.41, 5.74) is 8.34. The minimum Gasteiger partial charge on any atom is -0.380 e. The van der Waals surface area contributed by atoms with Crippen LogP contribution >= 0.6 is 0 Å². The standard InChI is InChI=1S/C25H43N9O2/c1-6-19(36-15-17(3)4)21(26)22-23(29-11-13-35-7-2)24(31-20-8-9-27-16-30-20)33-25(32-22)34-12-10-28-18(5)14-34/h8-9,16-19,21,28-29H,6-7,10-15,26H2,1-5H3,(H,27,30,31,32,33)/t18-,19?,21?/m1/s1. The number of ether oxygens (including phenoxy) is 2. The first-order chi connectivity index (χ1) is 17.4. The van der Waals surface area contributed by atoms with E-state index in [2.05, 4.69) is 58.5 Å². The van der Waals surface area contributed by atoms with Crippen LogP contribution in [-0.2, 0) is 9.47 Å². The highest BCUT2D eigenvalue weighted by atomic mass is 16.5. The Morgan fingerprint density at radius 1 is 1.28 bits per heavy atom. The quantitative estimate of drug-likeness (QED) is 0.285. The third kappa shape index (κ3) is 7.95. The highest BCUT2D eigenvalue weighted by molar-refractivity contribution is 5.73. The lowest BCUT2D eigenvalue weighted by Crippen LogP contribution is -2.50. The second kappa shape index (κ2) is 14.2. The molecule has 1 aliphatic heterocycles. The molecule has 2 aromatic heterocycles. The maximum atomic E-state index is 6.88. The summed E-state index contributed by atoms with van der Waals surface area (Å²) < 4.78 is 11.8. The van der Waals surface area contributed by atoms with E-state index in [0.717, 1.165) is 37.4 Å². The molecule has 3 heterocycles. The fraction of sp³-hybridized carbons (Fsp3) is 0.680. The van der Waals surface area contributed by atoms with Crippen LogP contribution in [0, 0.1) is 5.92 Å². The van der Waals surface area contributed by atoms with Gasteiger partial charge < -0.3 is 36.1 Å². The molecule has 11 nitrogen and oxygen atoms in total. The summed E-state index contributed by atoms with van der Waals surface area (Å²) in [5.74, 6) is 2.30. The van der Waals surface area contributed by atoms with Gasteiger partial charge >= 0.3 is 0 Å². The van der Waals surface area contributed by atoms with Crippen molar-refractivity contribution < 1.29 is 9.47 Å². The van der Waals surface area contributed by atoms with Gasteiger partial charge in [0.25, 0.3) is 0 Å². The number of nitrogens with one attached hydrogen (secondary N) is 3. The summed E-state index contributed by atoms with van der Waals surface area (Å²) in [7, 11) is 0. The highest BCUT2D eigenvalue weighted by Crippen LogP contribution is 2.34. The second-order valence-electron chi connectivity index (χ2n) is 9.48. The van der Waals surface area contributed by atoms with Crippen LogP contribution < -0.4 is 26.6 Å². The molecule has 0 spiro atoms. The predicted molar refractivity (Wildman–Crippen MR) is 144 cm³/mol. The van der Waals surface area contributed by atoms with Gasteiger partial charge in [0.1, 0.15) is 17.8 Å². The molecule has 1 fully saturated rings. The van der Waals surface area contributed by atoms with E-state index in [9.17, 15) is 0 Å². The van der Waals surface area contributed by atoms with Crippen LogP contribution in [0.15, 0.2) is 18.6 Å². The third-order valence-electron chi connectivity index (χ3n) is 5.92. The van der Waals surface area contributed by atoms with Crippen LogP contribution in [0.3, 0.4) is 0 Å². The first-order valence-corrected chi connectivity index (χ1v) is 13.0. The fourth-order valence-corrected chi connectivity index (χ4v) is 4.07. The topological polar surface area (TPSA) is 135 Å². The molecule has 3 rings (SSSR count). The van der Waals surface area contributed by atoms with Gasteiger partial charge in [-0.25, -0.2) is 15.0 Å². The zero-order valence-corrected chi connectivity index (χ0v) is 22.3. The molecule has 0 saturated carbocycles. The van der Waals surface area contributed by atoms with Gasteiger partial charge in [0, 0.05) is 51.6 Å². The predicted octanol–water partition coefficient (Wildman–Crippen LogP) is 2.71. The van der Waals surface area contributed by atoms with Crippen LogP contribution in [0.4, 0.5) is 23.3 Å². The smallest absolute Gasteiger partial charge is 0.227 e. The Morgan fingerprint density at radius 2 is 2.11 bits per heavy atom. The van der Waals surface area contributed by atoms with E-state index in [-0.39, 0.29) is 6.10 Å². The first-order valence-electron chi connectivity index (χ1n) is 13.0. The lowest BCUT2D eigenvalue weighted by Gasteiger charge is -2.33. The lowest BCUT2D eigenvalue weighted by atomic mass is 10.0.